The van der Waals surface area contributed by atoms with Crippen LogP contribution in [0.5, 0.6) is 5.75 Å². The fourth-order valence-electron chi connectivity index (χ4n) is 2.46. The molecule has 1 aromatic rings. The van der Waals surface area contributed by atoms with Crippen LogP contribution in [-0.2, 0) is 20.8 Å². The number of rotatable bonds is 4. The minimum atomic E-state index is -2.34. The number of ether oxygens (including phenoxy) is 2. The molecule has 0 aromatic heterocycles. The van der Waals surface area contributed by atoms with Gasteiger partial charge in [-0.1, -0.05) is 12.1 Å². The number of fused-ring (bicyclic) bond motifs is 1. The summed E-state index contributed by atoms with van der Waals surface area (Å²) in [5.41, 5.74) is -2.73. The number of Topliss-reactive ketones (excluding diaryl/α,β-unsaturated/α-hetero) is 1. The van der Waals surface area contributed by atoms with Crippen molar-refractivity contribution in [2.75, 3.05) is 7.11 Å². The van der Waals surface area contributed by atoms with Gasteiger partial charge in [-0.15, -0.1) is 10.1 Å². The summed E-state index contributed by atoms with van der Waals surface area (Å²) in [7, 11) is 1.40. The van der Waals surface area contributed by atoms with Crippen molar-refractivity contribution in [3.63, 3.8) is 0 Å². The third-order valence-corrected chi connectivity index (χ3v) is 3.35. The number of hydrogen-bond donors (Lipinski definition) is 0. The summed E-state index contributed by atoms with van der Waals surface area (Å²) in [6, 6.07) is 4.63. The minimum Gasteiger partial charge on any atom is -0.496 e. The van der Waals surface area contributed by atoms with E-state index in [4.69, 9.17) is 9.47 Å². The standard InChI is InChI=1S/C15H17NO7/c1-14(2,3)22-13(18)15(23-16(19)20)8-10-9(12(15)17)6-5-7-11(10)21-4/h5-7H,8H2,1-4H3/t15-/m1/s1. The summed E-state index contributed by atoms with van der Waals surface area (Å²) < 4.78 is 10.3. The van der Waals surface area contributed by atoms with Gasteiger partial charge >= 0.3 is 5.97 Å². The molecular formula is C15H17NO7. The Bertz CT molecular complexity index is 677. The maximum absolute atomic E-state index is 12.7. The van der Waals surface area contributed by atoms with Gasteiger partial charge in [-0.05, 0) is 26.8 Å². The van der Waals surface area contributed by atoms with Crippen LogP contribution in [0.2, 0.25) is 0 Å². The molecule has 2 rings (SSSR count). The average molecular weight is 323 g/mol. The van der Waals surface area contributed by atoms with Crippen molar-refractivity contribution in [1.82, 2.24) is 0 Å². The fraction of sp³-hybridized carbons (Fsp3) is 0.467. The van der Waals surface area contributed by atoms with Gasteiger partial charge in [-0.25, -0.2) is 4.79 Å². The van der Waals surface area contributed by atoms with Crippen molar-refractivity contribution in [3.05, 3.63) is 39.4 Å². The largest absolute Gasteiger partial charge is 0.496 e. The number of methoxy groups -OCH3 is 1. The number of esters is 1. The summed E-state index contributed by atoms with van der Waals surface area (Å²) in [4.78, 5) is 40.6. The van der Waals surface area contributed by atoms with Gasteiger partial charge in [0.2, 0.25) is 5.78 Å². The van der Waals surface area contributed by atoms with E-state index in [1.165, 1.54) is 13.2 Å². The molecule has 0 fully saturated rings. The zero-order valence-electron chi connectivity index (χ0n) is 13.2. The molecule has 23 heavy (non-hydrogen) atoms. The maximum Gasteiger partial charge on any atom is 0.347 e. The van der Waals surface area contributed by atoms with E-state index in [2.05, 4.69) is 4.84 Å². The van der Waals surface area contributed by atoms with E-state index in [9.17, 15) is 19.7 Å². The molecule has 8 nitrogen and oxygen atoms in total. The SMILES string of the molecule is COc1cccc2c1C[C@](O[N+](=O)[O-])(C(=O)OC(C)(C)C)C2=O. The van der Waals surface area contributed by atoms with Gasteiger partial charge < -0.3 is 9.47 Å². The summed E-state index contributed by atoms with van der Waals surface area (Å²) >= 11 is 0. The summed E-state index contributed by atoms with van der Waals surface area (Å²) in [5, 5.41) is 9.72. The highest BCUT2D eigenvalue weighted by atomic mass is 17.0. The van der Waals surface area contributed by atoms with E-state index >= 15 is 0 Å². The molecule has 0 saturated heterocycles. The molecule has 0 bridgehead atoms. The topological polar surface area (TPSA) is 105 Å². The second kappa shape index (κ2) is 5.53. The number of benzene rings is 1. The summed E-state index contributed by atoms with van der Waals surface area (Å²) in [6.45, 7) is 4.79. The Hall–Kier alpha value is -2.64. The Morgan fingerprint density at radius 1 is 1.35 bits per heavy atom. The molecule has 0 amide bonds. The normalized spacial score (nSPS) is 19.9. The lowest BCUT2D eigenvalue weighted by atomic mass is 9.98. The van der Waals surface area contributed by atoms with Crippen molar-refractivity contribution in [2.45, 2.75) is 38.4 Å². The molecule has 0 spiro atoms. The van der Waals surface area contributed by atoms with Crippen LogP contribution in [0.3, 0.4) is 0 Å². The Balaban J connectivity index is 2.52. The maximum atomic E-state index is 12.7. The van der Waals surface area contributed by atoms with Crippen molar-refractivity contribution < 1.29 is 29.0 Å². The lowest BCUT2D eigenvalue weighted by Gasteiger charge is -2.28. The Labute approximate surface area is 132 Å². The van der Waals surface area contributed by atoms with Crippen LogP contribution in [0.1, 0.15) is 36.7 Å². The van der Waals surface area contributed by atoms with E-state index in [0.29, 0.717) is 11.3 Å². The molecule has 0 unspecified atom stereocenters. The molecule has 0 aliphatic heterocycles. The minimum absolute atomic E-state index is 0.150. The smallest absolute Gasteiger partial charge is 0.347 e. The molecule has 124 valence electrons. The van der Waals surface area contributed by atoms with Gasteiger partial charge in [0.15, 0.2) is 0 Å². The summed E-state index contributed by atoms with van der Waals surface area (Å²) in [5.74, 6) is -1.55. The highest BCUT2D eigenvalue weighted by Gasteiger charge is 2.58. The van der Waals surface area contributed by atoms with Gasteiger partial charge in [0.25, 0.3) is 10.7 Å². The zero-order valence-corrected chi connectivity index (χ0v) is 13.2. The first-order valence-corrected chi connectivity index (χ1v) is 6.88. The Morgan fingerprint density at radius 3 is 2.52 bits per heavy atom. The van der Waals surface area contributed by atoms with E-state index < -0.39 is 28.0 Å². The van der Waals surface area contributed by atoms with Crippen LogP contribution < -0.4 is 4.74 Å². The third-order valence-electron chi connectivity index (χ3n) is 3.35. The number of hydrogen-bond acceptors (Lipinski definition) is 7. The van der Waals surface area contributed by atoms with E-state index in [1.807, 2.05) is 0 Å². The monoisotopic (exact) mass is 323 g/mol. The second-order valence-electron chi connectivity index (χ2n) is 6.14. The Morgan fingerprint density at radius 2 is 2.00 bits per heavy atom. The predicted molar refractivity (Wildman–Crippen MR) is 77.7 cm³/mol. The van der Waals surface area contributed by atoms with Crippen LogP contribution in [0.15, 0.2) is 18.2 Å². The van der Waals surface area contributed by atoms with Crippen LogP contribution in [0, 0.1) is 10.1 Å². The molecule has 0 N–H and O–H groups in total. The van der Waals surface area contributed by atoms with Crippen LogP contribution in [0.25, 0.3) is 0 Å². The van der Waals surface area contributed by atoms with Crippen LogP contribution in [-0.4, -0.2) is 35.2 Å². The lowest BCUT2D eigenvalue weighted by Crippen LogP contribution is -2.51. The molecule has 1 aliphatic carbocycles. The number of ketones is 1. The number of carbonyl (C=O) groups is 2. The van der Waals surface area contributed by atoms with Crippen molar-refractivity contribution in [3.8, 4) is 5.75 Å². The molecule has 0 heterocycles. The van der Waals surface area contributed by atoms with E-state index in [-0.39, 0.29) is 12.0 Å². The predicted octanol–water partition coefficient (Wildman–Crippen LogP) is 1.72. The quantitative estimate of drug-likeness (QED) is 0.359. The van der Waals surface area contributed by atoms with Gasteiger partial charge in [0.05, 0.1) is 7.11 Å². The van der Waals surface area contributed by atoms with Gasteiger partial charge in [0, 0.05) is 17.5 Å². The molecule has 8 heteroatoms. The molecular weight excluding hydrogens is 306 g/mol. The summed E-state index contributed by atoms with van der Waals surface area (Å²) in [6.07, 6.45) is -0.318. The van der Waals surface area contributed by atoms with E-state index in [1.54, 1.807) is 32.9 Å². The van der Waals surface area contributed by atoms with Crippen LogP contribution >= 0.6 is 0 Å². The second-order valence-corrected chi connectivity index (χ2v) is 6.14. The van der Waals surface area contributed by atoms with Crippen molar-refractivity contribution in [2.24, 2.45) is 0 Å². The van der Waals surface area contributed by atoms with Crippen molar-refractivity contribution in [1.29, 1.82) is 0 Å². The highest BCUT2D eigenvalue weighted by molar-refractivity contribution is 6.19. The average Bonchev–Trinajstić information content (AvgIpc) is 2.70. The first-order chi connectivity index (χ1) is 10.6. The van der Waals surface area contributed by atoms with Gasteiger partial charge in [0.1, 0.15) is 11.4 Å². The zero-order chi connectivity index (χ0) is 17.4. The highest BCUT2D eigenvalue weighted by Crippen LogP contribution is 2.39. The fourth-order valence-corrected chi connectivity index (χ4v) is 2.46. The number of carbonyl (C=O) groups excluding carboxylic acids is 2. The Kier molecular flexibility index (Phi) is 4.02. The number of nitrogens with zero attached hydrogens (tertiary/aromatic N) is 1. The van der Waals surface area contributed by atoms with Crippen molar-refractivity contribution >= 4 is 11.8 Å². The van der Waals surface area contributed by atoms with Gasteiger partial charge in [-0.2, -0.15) is 0 Å². The first-order valence-electron chi connectivity index (χ1n) is 6.88. The van der Waals surface area contributed by atoms with Crippen LogP contribution in [0.4, 0.5) is 0 Å². The molecule has 1 aromatic carbocycles. The molecule has 1 aliphatic rings. The molecule has 0 saturated carbocycles. The lowest BCUT2D eigenvalue weighted by molar-refractivity contribution is -0.771. The molecule has 0 radical (unpaired) electrons. The van der Waals surface area contributed by atoms with Gasteiger partial charge in [-0.3, -0.25) is 9.63 Å². The van der Waals surface area contributed by atoms with E-state index in [0.717, 1.165) is 0 Å². The first kappa shape index (κ1) is 16.7. The molecule has 1 atom stereocenters. The third kappa shape index (κ3) is 2.96.